The Bertz CT molecular complexity index is 631. The molecule has 0 fully saturated rings. The van der Waals surface area contributed by atoms with Gasteiger partial charge in [0.1, 0.15) is 5.56 Å². The Morgan fingerprint density at radius 2 is 1.71 bits per heavy atom. The van der Waals surface area contributed by atoms with Crippen LogP contribution in [0, 0.1) is 23.3 Å². The SMILES string of the molecule is CCCNc1noc(-c2c(F)c(F)c(OC)c(F)c2F)n1. The van der Waals surface area contributed by atoms with Gasteiger partial charge in [0.05, 0.1) is 7.11 Å². The predicted molar refractivity (Wildman–Crippen MR) is 64.9 cm³/mol. The predicted octanol–water partition coefficient (Wildman–Crippen LogP) is 3.12. The summed E-state index contributed by atoms with van der Waals surface area (Å²) in [5, 5.41) is 6.11. The standard InChI is InChI=1S/C12H11F4N3O2/c1-3-4-17-12-18-11(21-19-12)5-6(13)8(15)10(20-2)9(16)7(5)14/h3-4H2,1-2H3,(H,17,19). The average molecular weight is 305 g/mol. The third-order valence-electron chi connectivity index (χ3n) is 2.60. The van der Waals surface area contributed by atoms with E-state index in [0.29, 0.717) is 6.54 Å². The molecule has 0 amide bonds. The fourth-order valence-electron chi connectivity index (χ4n) is 1.61. The molecule has 0 aliphatic rings. The van der Waals surface area contributed by atoms with Crippen LogP contribution in [0.5, 0.6) is 5.75 Å². The number of anilines is 1. The summed E-state index contributed by atoms with van der Waals surface area (Å²) in [5.74, 6) is -8.56. The molecule has 0 saturated heterocycles. The molecule has 1 N–H and O–H groups in total. The van der Waals surface area contributed by atoms with E-state index in [-0.39, 0.29) is 5.95 Å². The number of aromatic nitrogens is 2. The van der Waals surface area contributed by atoms with Crippen molar-refractivity contribution in [3.05, 3.63) is 23.3 Å². The molecule has 0 aliphatic heterocycles. The number of ether oxygens (including phenoxy) is 1. The number of nitrogens with zero attached hydrogens (tertiary/aromatic N) is 2. The van der Waals surface area contributed by atoms with Crippen molar-refractivity contribution in [2.75, 3.05) is 19.0 Å². The van der Waals surface area contributed by atoms with Gasteiger partial charge in [-0.25, -0.2) is 8.78 Å². The molecule has 0 spiro atoms. The summed E-state index contributed by atoms with van der Waals surface area (Å²) in [6.07, 6.45) is 0.748. The highest BCUT2D eigenvalue weighted by atomic mass is 19.2. The molecule has 2 rings (SSSR count). The zero-order valence-electron chi connectivity index (χ0n) is 11.1. The molecule has 5 nitrogen and oxygen atoms in total. The average Bonchev–Trinajstić information content (AvgIpc) is 2.92. The van der Waals surface area contributed by atoms with Crippen molar-refractivity contribution in [3.8, 4) is 17.2 Å². The van der Waals surface area contributed by atoms with Gasteiger partial charge in [0.25, 0.3) is 11.8 Å². The number of halogens is 4. The van der Waals surface area contributed by atoms with E-state index in [1.165, 1.54) is 0 Å². The number of methoxy groups -OCH3 is 1. The Labute approximate surface area is 116 Å². The lowest BCUT2D eigenvalue weighted by molar-refractivity contribution is 0.331. The van der Waals surface area contributed by atoms with Gasteiger partial charge in [-0.2, -0.15) is 13.8 Å². The van der Waals surface area contributed by atoms with E-state index in [1.807, 2.05) is 6.92 Å². The first-order valence-corrected chi connectivity index (χ1v) is 5.99. The van der Waals surface area contributed by atoms with Crippen molar-refractivity contribution in [1.29, 1.82) is 0 Å². The second kappa shape index (κ2) is 5.98. The fraction of sp³-hybridized carbons (Fsp3) is 0.333. The van der Waals surface area contributed by atoms with E-state index in [2.05, 4.69) is 24.7 Å². The Morgan fingerprint density at radius 1 is 1.10 bits per heavy atom. The zero-order chi connectivity index (χ0) is 15.6. The number of hydrogen-bond acceptors (Lipinski definition) is 5. The first kappa shape index (κ1) is 15.1. The van der Waals surface area contributed by atoms with E-state index in [1.54, 1.807) is 0 Å². The minimum Gasteiger partial charge on any atom is -0.491 e. The second-order valence-corrected chi connectivity index (χ2v) is 4.01. The van der Waals surface area contributed by atoms with Crippen LogP contribution in [-0.4, -0.2) is 23.8 Å². The van der Waals surface area contributed by atoms with E-state index in [0.717, 1.165) is 13.5 Å². The lowest BCUT2D eigenvalue weighted by Crippen LogP contribution is -2.04. The maximum atomic E-state index is 13.8. The van der Waals surface area contributed by atoms with E-state index >= 15 is 0 Å². The summed E-state index contributed by atoms with van der Waals surface area (Å²) in [4.78, 5) is 3.63. The lowest BCUT2D eigenvalue weighted by atomic mass is 10.1. The summed E-state index contributed by atoms with van der Waals surface area (Å²) in [6.45, 7) is 2.37. The topological polar surface area (TPSA) is 60.2 Å². The van der Waals surface area contributed by atoms with Crippen LogP contribution in [0.25, 0.3) is 11.5 Å². The van der Waals surface area contributed by atoms with Crippen molar-refractivity contribution in [2.45, 2.75) is 13.3 Å². The molecule has 9 heteroatoms. The van der Waals surface area contributed by atoms with Crippen molar-refractivity contribution in [2.24, 2.45) is 0 Å². The van der Waals surface area contributed by atoms with Crippen molar-refractivity contribution in [1.82, 2.24) is 10.1 Å². The van der Waals surface area contributed by atoms with Gasteiger partial charge in [0, 0.05) is 6.54 Å². The van der Waals surface area contributed by atoms with Gasteiger partial charge in [-0.3, -0.25) is 0 Å². The highest BCUT2D eigenvalue weighted by Crippen LogP contribution is 2.35. The maximum Gasteiger partial charge on any atom is 0.265 e. The lowest BCUT2D eigenvalue weighted by Gasteiger charge is -2.08. The highest BCUT2D eigenvalue weighted by Gasteiger charge is 2.30. The molecule has 1 aromatic carbocycles. The van der Waals surface area contributed by atoms with Gasteiger partial charge in [0.2, 0.25) is 11.6 Å². The van der Waals surface area contributed by atoms with Crippen LogP contribution in [-0.2, 0) is 0 Å². The number of hydrogen-bond donors (Lipinski definition) is 1. The first-order valence-electron chi connectivity index (χ1n) is 5.99. The largest absolute Gasteiger partial charge is 0.491 e. The van der Waals surface area contributed by atoms with Gasteiger partial charge in [0.15, 0.2) is 17.4 Å². The summed E-state index contributed by atoms with van der Waals surface area (Å²) in [5.41, 5.74) is -1.08. The molecule has 21 heavy (non-hydrogen) atoms. The molecule has 0 radical (unpaired) electrons. The minimum absolute atomic E-state index is 0.0396. The Balaban J connectivity index is 2.51. The molecule has 0 aliphatic carbocycles. The molecule has 0 unspecified atom stereocenters. The summed E-state index contributed by atoms with van der Waals surface area (Å²) in [6, 6.07) is 0. The maximum absolute atomic E-state index is 13.8. The van der Waals surface area contributed by atoms with Gasteiger partial charge < -0.3 is 14.6 Å². The van der Waals surface area contributed by atoms with Crippen LogP contribution in [0.2, 0.25) is 0 Å². The molecule has 1 heterocycles. The van der Waals surface area contributed by atoms with Crippen LogP contribution in [0.3, 0.4) is 0 Å². The smallest absolute Gasteiger partial charge is 0.265 e. The second-order valence-electron chi connectivity index (χ2n) is 4.01. The van der Waals surface area contributed by atoms with Crippen molar-refractivity contribution < 1.29 is 26.8 Å². The quantitative estimate of drug-likeness (QED) is 0.679. The van der Waals surface area contributed by atoms with Crippen LogP contribution < -0.4 is 10.1 Å². The molecule has 1 aromatic heterocycles. The molecule has 0 saturated carbocycles. The normalized spacial score (nSPS) is 10.8. The molecule has 114 valence electrons. The summed E-state index contributed by atoms with van der Waals surface area (Å²) >= 11 is 0. The minimum atomic E-state index is -1.67. The van der Waals surface area contributed by atoms with Crippen molar-refractivity contribution >= 4 is 5.95 Å². The van der Waals surface area contributed by atoms with Crippen LogP contribution in [0.15, 0.2) is 4.52 Å². The van der Waals surface area contributed by atoms with Crippen molar-refractivity contribution in [3.63, 3.8) is 0 Å². The number of benzene rings is 1. The molecule has 0 bridgehead atoms. The third kappa shape index (κ3) is 2.63. The number of nitrogens with one attached hydrogen (secondary N) is 1. The van der Waals surface area contributed by atoms with E-state index < -0.39 is 40.5 Å². The Hall–Kier alpha value is -2.32. The van der Waals surface area contributed by atoms with E-state index in [9.17, 15) is 17.6 Å². The van der Waals surface area contributed by atoms with Crippen LogP contribution in [0.4, 0.5) is 23.5 Å². The summed E-state index contributed by atoms with van der Waals surface area (Å²) < 4.78 is 63.7. The summed E-state index contributed by atoms with van der Waals surface area (Å²) in [7, 11) is 0.888. The molecular weight excluding hydrogens is 294 g/mol. The monoisotopic (exact) mass is 305 g/mol. The van der Waals surface area contributed by atoms with Crippen LogP contribution in [0.1, 0.15) is 13.3 Å². The Kier molecular flexibility index (Phi) is 4.29. The van der Waals surface area contributed by atoms with Gasteiger partial charge in [-0.1, -0.05) is 6.92 Å². The highest BCUT2D eigenvalue weighted by molar-refractivity contribution is 5.59. The molecular formula is C12H11F4N3O2. The van der Waals surface area contributed by atoms with E-state index in [4.69, 9.17) is 0 Å². The van der Waals surface area contributed by atoms with Gasteiger partial charge >= 0.3 is 0 Å². The first-order chi connectivity index (χ1) is 10.0. The molecule has 0 atom stereocenters. The third-order valence-corrected chi connectivity index (χ3v) is 2.60. The van der Waals surface area contributed by atoms with Crippen LogP contribution >= 0.6 is 0 Å². The Morgan fingerprint density at radius 3 is 2.24 bits per heavy atom. The van der Waals surface area contributed by atoms with Gasteiger partial charge in [-0.15, -0.1) is 0 Å². The number of rotatable bonds is 5. The van der Waals surface area contributed by atoms with Gasteiger partial charge in [-0.05, 0) is 11.6 Å². The fourth-order valence-corrected chi connectivity index (χ4v) is 1.61. The molecule has 2 aromatic rings. The zero-order valence-corrected chi connectivity index (χ0v) is 11.1.